The number of carbonyl (C=O) groups is 1. The molecule has 0 spiro atoms. The average molecular weight is 359 g/mol. The van der Waals surface area contributed by atoms with Gasteiger partial charge in [0.25, 0.3) is 0 Å². The van der Waals surface area contributed by atoms with E-state index in [1.165, 1.54) is 6.92 Å². The van der Waals surface area contributed by atoms with Crippen molar-refractivity contribution in [2.75, 3.05) is 12.8 Å². The number of rotatable bonds is 7. The third-order valence-corrected chi connectivity index (χ3v) is 4.18. The highest BCUT2D eigenvalue weighted by Gasteiger charge is 2.16. The summed E-state index contributed by atoms with van der Waals surface area (Å²) in [6.07, 6.45) is 2.37. The summed E-state index contributed by atoms with van der Waals surface area (Å²) in [4.78, 5) is 19.3. The molecule has 0 radical (unpaired) electrons. The minimum atomic E-state index is -3.40. The van der Waals surface area contributed by atoms with Crippen LogP contribution >= 0.6 is 11.6 Å². The third kappa shape index (κ3) is 5.49. The molecule has 1 aromatic heterocycles. The van der Waals surface area contributed by atoms with Gasteiger partial charge in [-0.15, -0.1) is 0 Å². The molecule has 23 heavy (non-hydrogen) atoms. The van der Waals surface area contributed by atoms with Gasteiger partial charge in [-0.2, -0.15) is 0 Å². The molecular weight excluding hydrogens is 340 g/mol. The number of hydrogen-bond acceptors (Lipinski definition) is 4. The molecule has 0 aliphatic heterocycles. The Balaban J connectivity index is 1.79. The number of amides is 1. The lowest BCUT2D eigenvalue weighted by Crippen LogP contribution is -2.44. The van der Waals surface area contributed by atoms with E-state index in [0.29, 0.717) is 24.4 Å². The van der Waals surface area contributed by atoms with E-state index in [9.17, 15) is 13.2 Å². The maximum absolute atomic E-state index is 11.7. The maximum atomic E-state index is 11.7. The molecule has 2 aromatic rings. The van der Waals surface area contributed by atoms with E-state index in [4.69, 9.17) is 11.6 Å². The van der Waals surface area contributed by atoms with Crippen LogP contribution in [-0.4, -0.2) is 43.1 Å². The molecule has 0 aliphatic rings. The zero-order valence-electron chi connectivity index (χ0n) is 12.9. The summed E-state index contributed by atoms with van der Waals surface area (Å²) in [6, 6.07) is 4.65. The normalized spacial score (nSPS) is 13.2. The van der Waals surface area contributed by atoms with Crippen LogP contribution in [0.4, 0.5) is 0 Å². The number of aromatic amines is 1. The summed E-state index contributed by atoms with van der Waals surface area (Å²) in [6.45, 7) is 1.94. The van der Waals surface area contributed by atoms with Crippen LogP contribution in [0.15, 0.2) is 18.2 Å². The molecule has 0 saturated heterocycles. The van der Waals surface area contributed by atoms with E-state index in [2.05, 4.69) is 20.0 Å². The first-order chi connectivity index (χ1) is 10.7. The number of nitrogens with zero attached hydrogens (tertiary/aromatic N) is 1. The highest BCUT2D eigenvalue weighted by Crippen LogP contribution is 2.17. The first-order valence-corrected chi connectivity index (χ1v) is 9.41. The molecule has 1 atom stereocenters. The topological polar surface area (TPSA) is 104 Å². The van der Waals surface area contributed by atoms with E-state index in [0.717, 1.165) is 23.1 Å². The lowest BCUT2D eigenvalue weighted by atomic mass is 10.3. The predicted molar refractivity (Wildman–Crippen MR) is 89.9 cm³/mol. The van der Waals surface area contributed by atoms with Crippen LogP contribution in [0.25, 0.3) is 11.0 Å². The minimum Gasteiger partial charge on any atom is -0.355 e. The van der Waals surface area contributed by atoms with Crippen molar-refractivity contribution >= 4 is 38.6 Å². The summed E-state index contributed by atoms with van der Waals surface area (Å²) in [5.74, 6) is 0.464. The highest BCUT2D eigenvalue weighted by atomic mass is 35.5. The fourth-order valence-electron chi connectivity index (χ4n) is 2.15. The van der Waals surface area contributed by atoms with Crippen molar-refractivity contribution in [1.82, 2.24) is 20.0 Å². The molecule has 3 N–H and O–H groups in total. The zero-order valence-corrected chi connectivity index (χ0v) is 14.5. The Bertz CT molecular complexity index is 803. The SMILES string of the molecule is C[C@@H](NS(C)(=O)=O)C(=O)NCCCc1nc2ccc(Cl)cc2[nH]1. The highest BCUT2D eigenvalue weighted by molar-refractivity contribution is 7.88. The Hall–Kier alpha value is -1.64. The molecule has 0 saturated carbocycles. The number of H-pyrrole nitrogens is 1. The Labute approximate surface area is 139 Å². The Morgan fingerprint density at radius 2 is 2.17 bits per heavy atom. The smallest absolute Gasteiger partial charge is 0.237 e. The van der Waals surface area contributed by atoms with Crippen LogP contribution in [0, 0.1) is 0 Å². The van der Waals surface area contributed by atoms with Crippen LogP contribution in [0.1, 0.15) is 19.2 Å². The minimum absolute atomic E-state index is 0.355. The molecule has 1 amide bonds. The number of imidazole rings is 1. The van der Waals surface area contributed by atoms with Crippen molar-refractivity contribution in [3.8, 4) is 0 Å². The average Bonchev–Trinajstić information content (AvgIpc) is 2.83. The number of carbonyl (C=O) groups excluding carboxylic acids is 1. The molecule has 0 fully saturated rings. The molecule has 1 heterocycles. The molecule has 2 rings (SSSR count). The van der Waals surface area contributed by atoms with E-state index in [-0.39, 0.29) is 5.91 Å². The predicted octanol–water partition coefficient (Wildman–Crippen LogP) is 1.20. The van der Waals surface area contributed by atoms with Gasteiger partial charge < -0.3 is 10.3 Å². The standard InChI is InChI=1S/C14H19ClN4O3S/c1-9(19-23(2,21)22)14(20)16-7-3-4-13-17-11-6-5-10(15)8-12(11)18-13/h5-6,8-9,19H,3-4,7H2,1-2H3,(H,16,20)(H,17,18)/t9-/m1/s1. The van der Waals surface area contributed by atoms with Crippen LogP contribution in [0.3, 0.4) is 0 Å². The van der Waals surface area contributed by atoms with Crippen molar-refractivity contribution in [1.29, 1.82) is 0 Å². The molecule has 0 aliphatic carbocycles. The summed E-state index contributed by atoms with van der Waals surface area (Å²) in [7, 11) is -3.40. The molecule has 0 unspecified atom stereocenters. The zero-order chi connectivity index (χ0) is 17.0. The number of nitrogens with one attached hydrogen (secondary N) is 3. The largest absolute Gasteiger partial charge is 0.355 e. The second kappa shape index (κ2) is 7.29. The van der Waals surface area contributed by atoms with Crippen molar-refractivity contribution < 1.29 is 13.2 Å². The van der Waals surface area contributed by atoms with Gasteiger partial charge in [-0.05, 0) is 31.5 Å². The van der Waals surface area contributed by atoms with Crippen LogP contribution in [0.5, 0.6) is 0 Å². The van der Waals surface area contributed by atoms with E-state index < -0.39 is 16.1 Å². The van der Waals surface area contributed by atoms with Crippen molar-refractivity contribution in [2.45, 2.75) is 25.8 Å². The quantitative estimate of drug-likeness (QED) is 0.647. The number of benzene rings is 1. The lowest BCUT2D eigenvalue weighted by Gasteiger charge is -2.12. The second-order valence-corrected chi connectivity index (χ2v) is 7.57. The van der Waals surface area contributed by atoms with Gasteiger partial charge in [0.05, 0.1) is 23.3 Å². The van der Waals surface area contributed by atoms with Gasteiger partial charge in [0, 0.05) is 18.0 Å². The molecular formula is C14H19ClN4O3S. The van der Waals surface area contributed by atoms with Crippen molar-refractivity contribution in [3.05, 3.63) is 29.0 Å². The van der Waals surface area contributed by atoms with Gasteiger partial charge in [0.1, 0.15) is 5.82 Å². The van der Waals surface area contributed by atoms with Gasteiger partial charge in [-0.25, -0.2) is 18.1 Å². The molecule has 126 valence electrons. The monoisotopic (exact) mass is 358 g/mol. The number of aryl methyl sites for hydroxylation is 1. The van der Waals surface area contributed by atoms with E-state index in [1.54, 1.807) is 6.07 Å². The van der Waals surface area contributed by atoms with Crippen LogP contribution < -0.4 is 10.0 Å². The Morgan fingerprint density at radius 1 is 1.43 bits per heavy atom. The first kappa shape index (κ1) is 17.7. The number of fused-ring (bicyclic) bond motifs is 1. The second-order valence-electron chi connectivity index (χ2n) is 5.35. The van der Waals surface area contributed by atoms with Gasteiger partial charge in [0.2, 0.25) is 15.9 Å². The molecule has 9 heteroatoms. The number of halogens is 1. The lowest BCUT2D eigenvalue weighted by molar-refractivity contribution is -0.122. The fourth-order valence-corrected chi connectivity index (χ4v) is 3.07. The molecule has 0 bridgehead atoms. The summed E-state index contributed by atoms with van der Waals surface area (Å²) in [5.41, 5.74) is 1.72. The maximum Gasteiger partial charge on any atom is 0.237 e. The van der Waals surface area contributed by atoms with Crippen molar-refractivity contribution in [3.63, 3.8) is 0 Å². The first-order valence-electron chi connectivity index (χ1n) is 7.14. The molecule has 7 nitrogen and oxygen atoms in total. The fraction of sp³-hybridized carbons (Fsp3) is 0.429. The number of aromatic nitrogens is 2. The van der Waals surface area contributed by atoms with Crippen LogP contribution in [0.2, 0.25) is 5.02 Å². The molecule has 1 aromatic carbocycles. The van der Waals surface area contributed by atoms with Crippen LogP contribution in [-0.2, 0) is 21.2 Å². The van der Waals surface area contributed by atoms with E-state index >= 15 is 0 Å². The summed E-state index contributed by atoms with van der Waals surface area (Å²) >= 11 is 5.92. The van der Waals surface area contributed by atoms with Gasteiger partial charge in [-0.3, -0.25) is 4.79 Å². The van der Waals surface area contributed by atoms with Gasteiger partial charge in [-0.1, -0.05) is 11.6 Å². The van der Waals surface area contributed by atoms with Gasteiger partial charge >= 0.3 is 0 Å². The summed E-state index contributed by atoms with van der Waals surface area (Å²) < 4.78 is 24.3. The summed E-state index contributed by atoms with van der Waals surface area (Å²) in [5, 5.41) is 3.34. The van der Waals surface area contributed by atoms with Gasteiger partial charge in [0.15, 0.2) is 0 Å². The third-order valence-electron chi connectivity index (χ3n) is 3.17. The van der Waals surface area contributed by atoms with E-state index in [1.807, 2.05) is 12.1 Å². The number of hydrogen-bond donors (Lipinski definition) is 3. The Morgan fingerprint density at radius 3 is 2.87 bits per heavy atom. The Kier molecular flexibility index (Phi) is 5.61. The number of sulfonamides is 1. The van der Waals surface area contributed by atoms with Crippen molar-refractivity contribution in [2.24, 2.45) is 0 Å².